The minimum Gasteiger partial charge on any atom is -0.497 e. The molecule has 0 saturated carbocycles. The fraction of sp³-hybridized carbons (Fsp3) is 0.0769. The van der Waals surface area contributed by atoms with Crippen molar-refractivity contribution in [1.29, 1.82) is 0 Å². The molecule has 0 bridgehead atoms. The molecule has 3 N–H and O–H groups in total. The predicted octanol–water partition coefficient (Wildman–Crippen LogP) is 2.69. The number of hydrogen-bond acceptors (Lipinski definition) is 4. The van der Waals surface area contributed by atoms with Crippen molar-refractivity contribution in [3.63, 3.8) is 0 Å². The van der Waals surface area contributed by atoms with Gasteiger partial charge in [0.1, 0.15) is 11.4 Å². The lowest BCUT2D eigenvalue weighted by Gasteiger charge is -2.10. The van der Waals surface area contributed by atoms with Crippen molar-refractivity contribution in [3.8, 4) is 5.75 Å². The Bertz CT molecular complexity index is 617. The van der Waals surface area contributed by atoms with E-state index in [9.17, 15) is 4.79 Å². The number of hydrogen-bond donors (Lipinski definition) is 2. The standard InChI is InChI=1S/C13H12BrN3O2/c1-19-8-4-5-10(15)11(7-8)17-13(18)12-9(14)3-2-6-16-12/h2-7H,15H2,1H3,(H,17,18). The summed E-state index contributed by atoms with van der Waals surface area (Å²) in [6.45, 7) is 0. The van der Waals surface area contributed by atoms with Gasteiger partial charge in [0.25, 0.3) is 5.91 Å². The lowest BCUT2D eigenvalue weighted by atomic mass is 10.2. The number of pyridine rings is 1. The molecule has 0 aliphatic rings. The summed E-state index contributed by atoms with van der Waals surface area (Å²) < 4.78 is 5.71. The number of anilines is 2. The molecular formula is C13H12BrN3O2. The first-order chi connectivity index (χ1) is 9.11. The zero-order valence-corrected chi connectivity index (χ0v) is 11.8. The molecule has 0 aliphatic heterocycles. The molecule has 0 radical (unpaired) electrons. The Kier molecular flexibility index (Phi) is 4.01. The second-order valence-electron chi connectivity index (χ2n) is 3.74. The topological polar surface area (TPSA) is 77.2 Å². The molecule has 5 nitrogen and oxygen atoms in total. The third-order valence-electron chi connectivity index (χ3n) is 2.48. The van der Waals surface area contributed by atoms with Gasteiger partial charge < -0.3 is 15.8 Å². The molecule has 1 aromatic carbocycles. The van der Waals surface area contributed by atoms with E-state index in [4.69, 9.17) is 10.5 Å². The van der Waals surface area contributed by atoms with Gasteiger partial charge in [0, 0.05) is 16.7 Å². The summed E-state index contributed by atoms with van der Waals surface area (Å²) in [6.07, 6.45) is 1.55. The number of methoxy groups -OCH3 is 1. The number of ether oxygens (including phenoxy) is 1. The molecule has 0 unspecified atom stereocenters. The summed E-state index contributed by atoms with van der Waals surface area (Å²) in [5.74, 6) is 0.275. The Balaban J connectivity index is 2.26. The molecule has 2 aromatic rings. The lowest BCUT2D eigenvalue weighted by Crippen LogP contribution is -2.15. The molecule has 2 rings (SSSR count). The molecular weight excluding hydrogens is 310 g/mol. The van der Waals surface area contributed by atoms with Crippen LogP contribution >= 0.6 is 15.9 Å². The average Bonchev–Trinajstić information content (AvgIpc) is 2.41. The summed E-state index contributed by atoms with van der Waals surface area (Å²) in [6, 6.07) is 8.53. The van der Waals surface area contributed by atoms with Crippen LogP contribution in [0, 0.1) is 0 Å². The van der Waals surface area contributed by atoms with Crippen LogP contribution < -0.4 is 15.8 Å². The average molecular weight is 322 g/mol. The fourth-order valence-electron chi connectivity index (χ4n) is 1.50. The van der Waals surface area contributed by atoms with Gasteiger partial charge in [-0.05, 0) is 40.2 Å². The zero-order chi connectivity index (χ0) is 13.8. The number of nitrogens with zero attached hydrogens (tertiary/aromatic N) is 1. The first-order valence-corrected chi connectivity index (χ1v) is 6.26. The van der Waals surface area contributed by atoms with E-state index in [1.165, 1.54) is 0 Å². The molecule has 0 aliphatic carbocycles. The first kappa shape index (κ1) is 13.4. The van der Waals surface area contributed by atoms with Crippen LogP contribution in [0.3, 0.4) is 0 Å². The van der Waals surface area contributed by atoms with Gasteiger partial charge in [-0.1, -0.05) is 0 Å². The van der Waals surface area contributed by atoms with E-state index >= 15 is 0 Å². The number of carbonyl (C=O) groups is 1. The highest BCUT2D eigenvalue weighted by Gasteiger charge is 2.13. The van der Waals surface area contributed by atoms with Crippen LogP contribution in [0.25, 0.3) is 0 Å². The molecule has 1 amide bonds. The molecule has 6 heteroatoms. The molecule has 1 aromatic heterocycles. The van der Waals surface area contributed by atoms with Crippen molar-refractivity contribution >= 4 is 33.2 Å². The number of benzene rings is 1. The van der Waals surface area contributed by atoms with Crippen LogP contribution in [0.2, 0.25) is 0 Å². The molecule has 0 fully saturated rings. The Hall–Kier alpha value is -2.08. The van der Waals surface area contributed by atoms with Gasteiger partial charge in [-0.25, -0.2) is 4.98 Å². The van der Waals surface area contributed by atoms with Gasteiger partial charge in [0.05, 0.1) is 18.5 Å². The van der Waals surface area contributed by atoms with Crippen molar-refractivity contribution in [1.82, 2.24) is 4.98 Å². The van der Waals surface area contributed by atoms with Crippen LogP contribution in [0.1, 0.15) is 10.5 Å². The molecule has 98 valence electrons. The van der Waals surface area contributed by atoms with Crippen LogP contribution in [0.4, 0.5) is 11.4 Å². The first-order valence-electron chi connectivity index (χ1n) is 5.47. The molecule has 0 atom stereocenters. The molecule has 1 heterocycles. The van der Waals surface area contributed by atoms with Gasteiger partial charge >= 0.3 is 0 Å². The molecule has 0 spiro atoms. The third-order valence-corrected chi connectivity index (χ3v) is 3.12. The number of nitrogen functional groups attached to an aromatic ring is 1. The zero-order valence-electron chi connectivity index (χ0n) is 10.2. The lowest BCUT2D eigenvalue weighted by molar-refractivity contribution is 0.102. The summed E-state index contributed by atoms with van der Waals surface area (Å²) >= 11 is 3.28. The number of rotatable bonds is 3. The number of halogens is 1. The van der Waals surface area contributed by atoms with Gasteiger partial charge in [-0.15, -0.1) is 0 Å². The van der Waals surface area contributed by atoms with E-state index in [0.717, 1.165) is 0 Å². The van der Waals surface area contributed by atoms with Crippen molar-refractivity contribution in [2.75, 3.05) is 18.2 Å². The Morgan fingerprint density at radius 2 is 2.21 bits per heavy atom. The van der Waals surface area contributed by atoms with Crippen molar-refractivity contribution in [2.24, 2.45) is 0 Å². The summed E-state index contributed by atoms with van der Waals surface area (Å²) in [7, 11) is 1.55. The molecule has 0 saturated heterocycles. The van der Waals surface area contributed by atoms with Crippen molar-refractivity contribution < 1.29 is 9.53 Å². The van der Waals surface area contributed by atoms with E-state index < -0.39 is 0 Å². The van der Waals surface area contributed by atoms with E-state index in [1.807, 2.05) is 0 Å². The third kappa shape index (κ3) is 3.03. The van der Waals surface area contributed by atoms with Crippen molar-refractivity contribution in [2.45, 2.75) is 0 Å². The molecule has 19 heavy (non-hydrogen) atoms. The maximum atomic E-state index is 12.1. The monoisotopic (exact) mass is 321 g/mol. The normalized spacial score (nSPS) is 10.0. The fourth-order valence-corrected chi connectivity index (χ4v) is 1.94. The maximum absolute atomic E-state index is 12.1. The second kappa shape index (κ2) is 5.71. The number of nitrogens with one attached hydrogen (secondary N) is 1. The smallest absolute Gasteiger partial charge is 0.275 e. The number of aromatic nitrogens is 1. The highest BCUT2D eigenvalue weighted by Crippen LogP contribution is 2.25. The minimum atomic E-state index is -0.340. The Labute approximate surface area is 118 Å². The summed E-state index contributed by atoms with van der Waals surface area (Å²) in [5, 5.41) is 2.71. The number of carbonyl (C=O) groups excluding carboxylic acids is 1. The van der Waals surface area contributed by atoms with Crippen LogP contribution in [0.5, 0.6) is 5.75 Å². The minimum absolute atomic E-state index is 0.296. The quantitative estimate of drug-likeness (QED) is 0.852. The summed E-state index contributed by atoms with van der Waals surface area (Å²) in [5.41, 5.74) is 7.05. The van der Waals surface area contributed by atoms with Gasteiger partial charge in [0.15, 0.2) is 0 Å². The van der Waals surface area contributed by atoms with E-state index in [-0.39, 0.29) is 5.91 Å². The van der Waals surface area contributed by atoms with Crippen molar-refractivity contribution in [3.05, 3.63) is 46.7 Å². The van der Waals surface area contributed by atoms with Crippen LogP contribution in [-0.2, 0) is 0 Å². The maximum Gasteiger partial charge on any atom is 0.275 e. The predicted molar refractivity (Wildman–Crippen MR) is 77.3 cm³/mol. The van der Waals surface area contributed by atoms with Gasteiger partial charge in [-0.2, -0.15) is 0 Å². The van der Waals surface area contributed by atoms with E-state index in [1.54, 1.807) is 43.6 Å². The number of nitrogens with two attached hydrogens (primary N) is 1. The van der Waals surface area contributed by atoms with Gasteiger partial charge in [-0.3, -0.25) is 4.79 Å². The second-order valence-corrected chi connectivity index (χ2v) is 4.60. The highest BCUT2D eigenvalue weighted by atomic mass is 79.9. The van der Waals surface area contributed by atoms with Crippen LogP contribution in [0.15, 0.2) is 41.0 Å². The largest absolute Gasteiger partial charge is 0.497 e. The van der Waals surface area contributed by atoms with Crippen LogP contribution in [-0.4, -0.2) is 18.0 Å². The summed E-state index contributed by atoms with van der Waals surface area (Å²) in [4.78, 5) is 16.1. The highest BCUT2D eigenvalue weighted by molar-refractivity contribution is 9.10. The Morgan fingerprint density at radius 3 is 2.89 bits per heavy atom. The Morgan fingerprint density at radius 1 is 1.42 bits per heavy atom. The van der Waals surface area contributed by atoms with E-state index in [0.29, 0.717) is 27.3 Å². The van der Waals surface area contributed by atoms with Gasteiger partial charge in [0.2, 0.25) is 0 Å². The van der Waals surface area contributed by atoms with E-state index in [2.05, 4.69) is 26.2 Å². The number of amides is 1. The SMILES string of the molecule is COc1ccc(N)c(NC(=O)c2ncccc2Br)c1.